The van der Waals surface area contributed by atoms with Crippen molar-refractivity contribution < 1.29 is 9.53 Å². The molecule has 0 bridgehead atoms. The Kier molecular flexibility index (Phi) is 5.92. The number of nitrogens with one attached hydrogen (secondary N) is 1. The van der Waals surface area contributed by atoms with Crippen LogP contribution in [0.1, 0.15) is 60.0 Å². The number of piperidine rings is 1. The molecule has 1 N–H and O–H groups in total. The van der Waals surface area contributed by atoms with Crippen LogP contribution in [0.25, 0.3) is 0 Å². The van der Waals surface area contributed by atoms with Crippen molar-refractivity contribution in [2.24, 2.45) is 0 Å². The number of aryl methyl sites for hydroxylation is 2. The second-order valence-electron chi connectivity index (χ2n) is 7.75. The average Bonchev–Trinajstić information content (AvgIpc) is 2.74. The molecule has 1 aliphatic carbocycles. The van der Waals surface area contributed by atoms with Gasteiger partial charge in [0.25, 0.3) is 5.91 Å². The molecule has 0 atom stereocenters. The van der Waals surface area contributed by atoms with Crippen LogP contribution in [-0.4, -0.2) is 46.6 Å². The maximum absolute atomic E-state index is 12.7. The summed E-state index contributed by atoms with van der Waals surface area (Å²) in [7, 11) is 0. The minimum Gasteiger partial charge on any atom is -0.477 e. The van der Waals surface area contributed by atoms with Gasteiger partial charge in [-0.2, -0.15) is 0 Å². The topological polar surface area (TPSA) is 80.2 Å². The number of anilines is 1. The number of hydrogen-bond donors (Lipinski definition) is 1. The first-order chi connectivity index (χ1) is 14.2. The highest BCUT2D eigenvalue weighted by atomic mass is 16.5. The van der Waals surface area contributed by atoms with E-state index in [0.717, 1.165) is 50.4 Å². The molecule has 0 unspecified atom stereocenters. The average molecular weight is 396 g/mol. The lowest BCUT2D eigenvalue weighted by molar-refractivity contribution is 0.0926. The first kappa shape index (κ1) is 19.6. The molecule has 7 heteroatoms. The van der Waals surface area contributed by atoms with Crippen LogP contribution in [0.2, 0.25) is 0 Å². The zero-order valence-corrected chi connectivity index (χ0v) is 17.3. The van der Waals surface area contributed by atoms with E-state index in [1.807, 2.05) is 13.8 Å². The van der Waals surface area contributed by atoms with Gasteiger partial charge >= 0.3 is 0 Å². The number of rotatable bonds is 5. The fraction of sp³-hybridized carbons (Fsp3) is 0.545. The Labute approximate surface area is 171 Å². The normalized spacial score (nSPS) is 17.0. The number of fused-ring (bicyclic) bond motifs is 1. The number of aromatic nitrogens is 3. The van der Waals surface area contributed by atoms with Gasteiger partial charge in [-0.15, -0.1) is 0 Å². The van der Waals surface area contributed by atoms with Gasteiger partial charge < -0.3 is 15.0 Å². The molecule has 2 aromatic rings. The minimum absolute atomic E-state index is 0.116. The van der Waals surface area contributed by atoms with Crippen molar-refractivity contribution in [1.82, 2.24) is 20.3 Å². The molecule has 154 valence electrons. The molecule has 7 nitrogen and oxygen atoms in total. The fourth-order valence-corrected chi connectivity index (χ4v) is 4.27. The number of hydrogen-bond acceptors (Lipinski definition) is 6. The molecule has 2 aromatic heterocycles. The van der Waals surface area contributed by atoms with Crippen LogP contribution < -0.4 is 15.0 Å². The molecule has 3 heterocycles. The van der Waals surface area contributed by atoms with Crippen LogP contribution in [0, 0.1) is 6.92 Å². The van der Waals surface area contributed by atoms with E-state index in [1.165, 1.54) is 24.1 Å². The van der Waals surface area contributed by atoms with Crippen molar-refractivity contribution >= 4 is 11.7 Å². The quantitative estimate of drug-likeness (QED) is 0.839. The van der Waals surface area contributed by atoms with E-state index in [1.54, 1.807) is 18.3 Å². The molecular weight excluding hydrogens is 366 g/mol. The van der Waals surface area contributed by atoms with Crippen LogP contribution in [0.3, 0.4) is 0 Å². The summed E-state index contributed by atoms with van der Waals surface area (Å²) in [5.74, 6) is 2.25. The van der Waals surface area contributed by atoms with E-state index in [9.17, 15) is 4.79 Å². The number of amides is 1. The summed E-state index contributed by atoms with van der Waals surface area (Å²) in [6.07, 6.45) is 8.00. The Morgan fingerprint density at radius 2 is 2.03 bits per heavy atom. The van der Waals surface area contributed by atoms with Crippen LogP contribution in [0.5, 0.6) is 5.88 Å². The van der Waals surface area contributed by atoms with Gasteiger partial charge in [0.1, 0.15) is 17.2 Å². The summed E-state index contributed by atoms with van der Waals surface area (Å²) < 4.78 is 5.49. The van der Waals surface area contributed by atoms with Crippen LogP contribution in [0.15, 0.2) is 18.3 Å². The van der Waals surface area contributed by atoms with Crippen molar-refractivity contribution in [2.45, 2.75) is 58.4 Å². The van der Waals surface area contributed by atoms with Crippen molar-refractivity contribution in [3.05, 3.63) is 41.0 Å². The molecule has 1 saturated heterocycles. The second kappa shape index (κ2) is 8.76. The lowest BCUT2D eigenvalue weighted by Crippen LogP contribution is -2.45. The lowest BCUT2D eigenvalue weighted by Gasteiger charge is -2.35. The molecule has 0 spiro atoms. The van der Waals surface area contributed by atoms with E-state index < -0.39 is 0 Å². The van der Waals surface area contributed by atoms with Crippen LogP contribution in [-0.2, 0) is 12.8 Å². The van der Waals surface area contributed by atoms with Crippen molar-refractivity contribution in [3.63, 3.8) is 0 Å². The first-order valence-electron chi connectivity index (χ1n) is 10.7. The third-order valence-corrected chi connectivity index (χ3v) is 5.70. The Balaban J connectivity index is 1.41. The van der Waals surface area contributed by atoms with Gasteiger partial charge in [-0.05, 0) is 64.5 Å². The van der Waals surface area contributed by atoms with E-state index in [2.05, 4.69) is 20.2 Å². The van der Waals surface area contributed by atoms with Gasteiger partial charge in [0.05, 0.1) is 6.61 Å². The SMILES string of the molecule is CCOc1ncccc1C(=O)NC1CCN(c2nc(C)nc3c2CCCC3)CC1. The smallest absolute Gasteiger partial charge is 0.256 e. The summed E-state index contributed by atoms with van der Waals surface area (Å²) in [6, 6.07) is 3.67. The predicted molar refractivity (Wildman–Crippen MR) is 112 cm³/mol. The van der Waals surface area contributed by atoms with Gasteiger partial charge in [-0.25, -0.2) is 15.0 Å². The molecule has 0 saturated carbocycles. The second-order valence-corrected chi connectivity index (χ2v) is 7.75. The zero-order chi connectivity index (χ0) is 20.2. The van der Waals surface area contributed by atoms with Gasteiger partial charge in [-0.3, -0.25) is 4.79 Å². The Morgan fingerprint density at radius 3 is 2.83 bits per heavy atom. The summed E-state index contributed by atoms with van der Waals surface area (Å²) >= 11 is 0. The Morgan fingerprint density at radius 1 is 1.24 bits per heavy atom. The zero-order valence-electron chi connectivity index (χ0n) is 17.3. The lowest BCUT2D eigenvalue weighted by atomic mass is 9.95. The highest BCUT2D eigenvalue weighted by molar-refractivity contribution is 5.96. The summed E-state index contributed by atoms with van der Waals surface area (Å²) in [4.78, 5) is 28.7. The van der Waals surface area contributed by atoms with Gasteiger partial charge in [-0.1, -0.05) is 0 Å². The Bertz CT molecular complexity index is 878. The van der Waals surface area contributed by atoms with Crippen molar-refractivity contribution in [3.8, 4) is 5.88 Å². The Hall–Kier alpha value is -2.70. The summed E-state index contributed by atoms with van der Waals surface area (Å²) in [6.45, 7) is 6.13. The van der Waals surface area contributed by atoms with Crippen molar-refractivity contribution in [1.29, 1.82) is 0 Å². The summed E-state index contributed by atoms with van der Waals surface area (Å²) in [5, 5.41) is 3.16. The first-order valence-corrected chi connectivity index (χ1v) is 10.7. The maximum atomic E-state index is 12.7. The van der Waals surface area contributed by atoms with Crippen LogP contribution >= 0.6 is 0 Å². The standard InChI is InChI=1S/C22H29N5O2/c1-3-29-22-18(8-6-12-23-22)21(28)26-16-10-13-27(14-11-16)20-17-7-4-5-9-19(17)24-15(2)25-20/h6,8,12,16H,3-5,7,9-11,13-14H2,1-2H3,(H,26,28). The number of carbonyl (C=O) groups is 1. The molecule has 2 aliphatic rings. The monoisotopic (exact) mass is 395 g/mol. The summed E-state index contributed by atoms with van der Waals surface area (Å²) in [5.41, 5.74) is 3.06. The number of pyridine rings is 1. The molecule has 29 heavy (non-hydrogen) atoms. The van der Waals surface area contributed by atoms with E-state index in [-0.39, 0.29) is 11.9 Å². The van der Waals surface area contributed by atoms with E-state index >= 15 is 0 Å². The largest absolute Gasteiger partial charge is 0.477 e. The highest BCUT2D eigenvalue weighted by Gasteiger charge is 2.26. The number of ether oxygens (including phenoxy) is 1. The van der Waals surface area contributed by atoms with Crippen molar-refractivity contribution in [2.75, 3.05) is 24.6 Å². The molecule has 1 amide bonds. The number of nitrogens with zero attached hydrogens (tertiary/aromatic N) is 4. The molecule has 1 fully saturated rings. The van der Waals surface area contributed by atoms with Gasteiger partial charge in [0, 0.05) is 36.6 Å². The fourth-order valence-electron chi connectivity index (χ4n) is 4.27. The minimum atomic E-state index is -0.116. The molecule has 4 rings (SSSR count). The number of carbonyl (C=O) groups excluding carboxylic acids is 1. The predicted octanol–water partition coefficient (Wildman–Crippen LogP) is 2.86. The van der Waals surface area contributed by atoms with E-state index in [4.69, 9.17) is 9.72 Å². The van der Waals surface area contributed by atoms with Gasteiger partial charge in [0.15, 0.2) is 0 Å². The molecule has 1 aliphatic heterocycles. The highest BCUT2D eigenvalue weighted by Crippen LogP contribution is 2.29. The van der Waals surface area contributed by atoms with Gasteiger partial charge in [0.2, 0.25) is 5.88 Å². The maximum Gasteiger partial charge on any atom is 0.256 e. The van der Waals surface area contributed by atoms with Crippen LogP contribution in [0.4, 0.5) is 5.82 Å². The third-order valence-electron chi connectivity index (χ3n) is 5.70. The molecule has 0 aromatic carbocycles. The molecule has 0 radical (unpaired) electrons. The van der Waals surface area contributed by atoms with E-state index in [0.29, 0.717) is 18.1 Å². The molecular formula is C22H29N5O2. The third kappa shape index (κ3) is 4.33.